The van der Waals surface area contributed by atoms with Crippen LogP contribution < -0.4 is 9.62 Å². The number of aromatic nitrogens is 1. The minimum atomic E-state index is -3.30. The Morgan fingerprint density at radius 3 is 2.56 bits per heavy atom. The van der Waals surface area contributed by atoms with Crippen molar-refractivity contribution in [2.24, 2.45) is 0 Å². The Hall–Kier alpha value is -2.82. The van der Waals surface area contributed by atoms with E-state index in [1.165, 1.54) is 17.5 Å². The van der Waals surface area contributed by atoms with Crippen LogP contribution in [0.5, 0.6) is 0 Å². The smallest absolute Gasteiger partial charge is 0.231 e. The van der Waals surface area contributed by atoms with Crippen LogP contribution in [-0.2, 0) is 16.6 Å². The lowest BCUT2D eigenvalue weighted by atomic mass is 10.1. The van der Waals surface area contributed by atoms with Gasteiger partial charge >= 0.3 is 0 Å². The van der Waals surface area contributed by atoms with Gasteiger partial charge in [0.1, 0.15) is 6.07 Å². The van der Waals surface area contributed by atoms with E-state index in [2.05, 4.69) is 16.4 Å². The van der Waals surface area contributed by atoms with Gasteiger partial charge in [0.15, 0.2) is 0 Å². The van der Waals surface area contributed by atoms with Crippen molar-refractivity contribution in [1.29, 1.82) is 5.26 Å². The van der Waals surface area contributed by atoms with E-state index in [1.54, 1.807) is 30.3 Å². The minimum absolute atomic E-state index is 0.429. The van der Waals surface area contributed by atoms with E-state index in [0.717, 1.165) is 22.7 Å². The second-order valence-electron chi connectivity index (χ2n) is 6.07. The van der Waals surface area contributed by atoms with E-state index in [-0.39, 0.29) is 0 Å². The van der Waals surface area contributed by atoms with Crippen LogP contribution in [0.3, 0.4) is 0 Å². The summed E-state index contributed by atoms with van der Waals surface area (Å²) in [6.45, 7) is 0.461. The van der Waals surface area contributed by atoms with E-state index in [4.69, 9.17) is 11.6 Å². The molecule has 0 fully saturated rings. The van der Waals surface area contributed by atoms with Crippen molar-refractivity contribution in [2.45, 2.75) is 6.54 Å². The van der Waals surface area contributed by atoms with Gasteiger partial charge in [-0.1, -0.05) is 23.7 Å². The summed E-state index contributed by atoms with van der Waals surface area (Å²) < 4.78 is 24.5. The van der Waals surface area contributed by atoms with Gasteiger partial charge in [-0.05, 0) is 35.9 Å². The highest BCUT2D eigenvalue weighted by Crippen LogP contribution is 2.28. The Labute approximate surface area is 163 Å². The van der Waals surface area contributed by atoms with Gasteiger partial charge in [-0.2, -0.15) is 5.26 Å². The summed E-state index contributed by atoms with van der Waals surface area (Å²) in [7, 11) is -1.79. The molecule has 0 aliphatic carbocycles. The summed E-state index contributed by atoms with van der Waals surface area (Å²) in [6, 6.07) is 14.6. The van der Waals surface area contributed by atoms with Gasteiger partial charge < -0.3 is 5.32 Å². The number of pyridine rings is 1. The van der Waals surface area contributed by atoms with Crippen LogP contribution in [0.2, 0.25) is 5.02 Å². The standard InChI is InChI=1S/C19H17ClN4O2S/c1-24(27(2,25)26)16-6-3-13(4-7-16)11-23-19-14(10-21)12-22-18-8-5-15(20)9-17(18)19/h3-9,12H,11H2,1-2H3,(H,22,23). The summed E-state index contributed by atoms with van der Waals surface area (Å²) in [6.07, 6.45) is 2.69. The molecule has 0 bridgehead atoms. The molecule has 0 saturated heterocycles. The first-order chi connectivity index (χ1) is 12.8. The van der Waals surface area contributed by atoms with E-state index < -0.39 is 10.0 Å². The first-order valence-electron chi connectivity index (χ1n) is 8.04. The third-order valence-corrected chi connectivity index (χ3v) is 5.66. The quantitative estimate of drug-likeness (QED) is 0.704. The molecular formula is C19H17ClN4O2S. The average Bonchev–Trinajstić information content (AvgIpc) is 2.65. The lowest BCUT2D eigenvalue weighted by molar-refractivity contribution is 0.600. The van der Waals surface area contributed by atoms with Crippen molar-refractivity contribution in [1.82, 2.24) is 4.98 Å². The van der Waals surface area contributed by atoms with Crippen LogP contribution in [-0.4, -0.2) is 26.7 Å². The maximum absolute atomic E-state index is 11.6. The summed E-state index contributed by atoms with van der Waals surface area (Å²) in [5.74, 6) is 0. The number of anilines is 2. The van der Waals surface area contributed by atoms with Crippen molar-refractivity contribution in [3.63, 3.8) is 0 Å². The molecule has 6 nitrogen and oxygen atoms in total. The number of fused-ring (bicyclic) bond motifs is 1. The topological polar surface area (TPSA) is 86.1 Å². The maximum Gasteiger partial charge on any atom is 0.231 e. The molecule has 0 radical (unpaired) electrons. The molecule has 27 heavy (non-hydrogen) atoms. The molecule has 8 heteroatoms. The molecule has 1 heterocycles. The number of rotatable bonds is 5. The largest absolute Gasteiger partial charge is 0.379 e. The Balaban J connectivity index is 1.87. The third kappa shape index (κ3) is 4.13. The Kier molecular flexibility index (Phi) is 5.22. The number of nitriles is 1. The molecule has 2 aromatic carbocycles. The first kappa shape index (κ1) is 19.0. The molecular weight excluding hydrogens is 384 g/mol. The molecule has 0 aliphatic heterocycles. The zero-order valence-corrected chi connectivity index (χ0v) is 16.3. The zero-order valence-electron chi connectivity index (χ0n) is 14.8. The summed E-state index contributed by atoms with van der Waals surface area (Å²) >= 11 is 6.09. The molecule has 3 rings (SSSR count). The zero-order chi connectivity index (χ0) is 19.6. The monoisotopic (exact) mass is 400 g/mol. The average molecular weight is 401 g/mol. The fourth-order valence-electron chi connectivity index (χ4n) is 2.65. The second kappa shape index (κ2) is 7.43. The van der Waals surface area contributed by atoms with Crippen molar-refractivity contribution >= 4 is 43.9 Å². The van der Waals surface area contributed by atoms with E-state index in [1.807, 2.05) is 12.1 Å². The van der Waals surface area contributed by atoms with Gasteiger partial charge in [0, 0.05) is 30.2 Å². The van der Waals surface area contributed by atoms with Crippen molar-refractivity contribution < 1.29 is 8.42 Å². The third-order valence-electron chi connectivity index (χ3n) is 4.22. The summed E-state index contributed by atoms with van der Waals surface area (Å²) in [5.41, 5.74) is 3.36. The number of benzene rings is 2. The van der Waals surface area contributed by atoms with Gasteiger partial charge in [-0.3, -0.25) is 9.29 Å². The molecule has 1 aromatic heterocycles. The van der Waals surface area contributed by atoms with Gasteiger partial charge in [0.05, 0.1) is 28.7 Å². The van der Waals surface area contributed by atoms with Crippen molar-refractivity contribution in [3.8, 4) is 6.07 Å². The molecule has 0 unspecified atom stereocenters. The number of halogens is 1. The van der Waals surface area contributed by atoms with Crippen molar-refractivity contribution in [3.05, 3.63) is 64.8 Å². The number of nitrogens with one attached hydrogen (secondary N) is 1. The van der Waals surface area contributed by atoms with Gasteiger partial charge in [-0.15, -0.1) is 0 Å². The highest BCUT2D eigenvalue weighted by atomic mass is 35.5. The van der Waals surface area contributed by atoms with Crippen LogP contribution in [0.1, 0.15) is 11.1 Å². The van der Waals surface area contributed by atoms with E-state index in [9.17, 15) is 13.7 Å². The van der Waals surface area contributed by atoms with Crippen LogP contribution in [0.25, 0.3) is 10.9 Å². The number of sulfonamides is 1. The minimum Gasteiger partial charge on any atom is -0.379 e. The Bertz CT molecular complexity index is 1140. The van der Waals surface area contributed by atoms with Gasteiger partial charge in [0.2, 0.25) is 10.0 Å². The Morgan fingerprint density at radius 1 is 1.22 bits per heavy atom. The predicted octanol–water partition coefficient (Wildman–Crippen LogP) is 3.77. The molecule has 0 saturated carbocycles. The van der Waals surface area contributed by atoms with Crippen LogP contribution in [0, 0.1) is 11.3 Å². The molecule has 1 N–H and O–H groups in total. The lowest BCUT2D eigenvalue weighted by Crippen LogP contribution is -2.24. The molecule has 0 spiro atoms. The number of hydrogen-bond acceptors (Lipinski definition) is 5. The maximum atomic E-state index is 11.6. The van der Waals surface area contributed by atoms with E-state index >= 15 is 0 Å². The van der Waals surface area contributed by atoms with Crippen LogP contribution in [0.15, 0.2) is 48.7 Å². The molecule has 3 aromatic rings. The summed E-state index contributed by atoms with van der Waals surface area (Å²) in [5, 5.41) is 14.0. The molecule has 0 amide bonds. The first-order valence-corrected chi connectivity index (χ1v) is 10.3. The summed E-state index contributed by atoms with van der Waals surface area (Å²) in [4.78, 5) is 4.28. The van der Waals surface area contributed by atoms with Crippen molar-refractivity contribution in [2.75, 3.05) is 22.9 Å². The SMILES string of the molecule is CN(c1ccc(CNc2c(C#N)cnc3ccc(Cl)cc23)cc1)S(C)(=O)=O. The highest BCUT2D eigenvalue weighted by Gasteiger charge is 2.12. The fraction of sp³-hybridized carbons (Fsp3) is 0.158. The number of hydrogen-bond donors (Lipinski definition) is 1. The van der Waals surface area contributed by atoms with Gasteiger partial charge in [-0.25, -0.2) is 8.42 Å². The fourth-order valence-corrected chi connectivity index (χ4v) is 3.32. The number of nitrogens with zero attached hydrogens (tertiary/aromatic N) is 3. The normalized spacial score (nSPS) is 11.2. The lowest BCUT2D eigenvalue weighted by Gasteiger charge is -2.17. The Morgan fingerprint density at radius 2 is 1.93 bits per heavy atom. The highest BCUT2D eigenvalue weighted by molar-refractivity contribution is 7.92. The van der Waals surface area contributed by atoms with Crippen LogP contribution >= 0.6 is 11.6 Å². The molecule has 0 aliphatic rings. The van der Waals surface area contributed by atoms with E-state index in [0.29, 0.717) is 28.5 Å². The second-order valence-corrected chi connectivity index (χ2v) is 8.52. The van der Waals surface area contributed by atoms with Crippen LogP contribution in [0.4, 0.5) is 11.4 Å². The van der Waals surface area contributed by atoms with Gasteiger partial charge in [0.25, 0.3) is 0 Å². The predicted molar refractivity (Wildman–Crippen MR) is 108 cm³/mol. The molecule has 0 atom stereocenters. The molecule has 138 valence electrons.